The average Bonchev–Trinajstić information content (AvgIpc) is 3.06. The molecule has 7 N–H and O–H groups in total. The Morgan fingerprint density at radius 3 is 2.68 bits per heavy atom. The molecular formula is C19H24N8O. The number of nitrogens with zero attached hydrogens (tertiary/aromatic N) is 3. The summed E-state index contributed by atoms with van der Waals surface area (Å²) in [6.07, 6.45) is 3.39. The normalized spacial score (nSPS) is 11.9. The molecule has 1 unspecified atom stereocenters. The highest BCUT2D eigenvalue weighted by Crippen LogP contribution is 2.26. The summed E-state index contributed by atoms with van der Waals surface area (Å²) in [7, 11) is 0. The van der Waals surface area contributed by atoms with Gasteiger partial charge < -0.3 is 27.1 Å². The number of rotatable bonds is 7. The third-order valence-corrected chi connectivity index (χ3v) is 4.08. The van der Waals surface area contributed by atoms with Gasteiger partial charge in [-0.3, -0.25) is 4.79 Å². The van der Waals surface area contributed by atoms with Gasteiger partial charge in [0.15, 0.2) is 5.69 Å². The molecule has 9 heteroatoms. The van der Waals surface area contributed by atoms with Gasteiger partial charge in [0.25, 0.3) is 5.91 Å². The number of aryl methyl sites for hydroxylation is 2. The van der Waals surface area contributed by atoms with Crippen molar-refractivity contribution in [1.29, 1.82) is 0 Å². The standard InChI is InChI=1S/C19H24N8O/c1-10(20)7-23-13-6-15(18(19(21)28)24-8-13)27-17-5-4-14(11(2)25-17)16-9-22-12(3)26-16/h4-6,8-10,23H,7,20H2,1-3H3,(H2,21,28)(H,22,26)(H,25,27). The number of hydrogen-bond donors (Lipinski definition) is 5. The summed E-state index contributed by atoms with van der Waals surface area (Å²) in [5.74, 6) is 0.786. The van der Waals surface area contributed by atoms with Gasteiger partial charge in [0.2, 0.25) is 0 Å². The van der Waals surface area contributed by atoms with Crippen molar-refractivity contribution in [2.45, 2.75) is 26.8 Å². The fourth-order valence-electron chi connectivity index (χ4n) is 2.73. The van der Waals surface area contributed by atoms with Gasteiger partial charge in [-0.05, 0) is 39.0 Å². The molecule has 146 valence electrons. The molecule has 1 atom stereocenters. The lowest BCUT2D eigenvalue weighted by Gasteiger charge is -2.14. The van der Waals surface area contributed by atoms with Gasteiger partial charge in [0, 0.05) is 30.0 Å². The predicted octanol–water partition coefficient (Wildman–Crippen LogP) is 2.09. The number of carbonyl (C=O) groups is 1. The third kappa shape index (κ3) is 4.44. The van der Waals surface area contributed by atoms with E-state index in [4.69, 9.17) is 11.5 Å². The van der Waals surface area contributed by atoms with Crippen LogP contribution in [0.2, 0.25) is 0 Å². The maximum atomic E-state index is 11.7. The fraction of sp³-hybridized carbons (Fsp3) is 0.263. The lowest BCUT2D eigenvalue weighted by Crippen LogP contribution is -2.25. The van der Waals surface area contributed by atoms with Gasteiger partial charge in [-0.25, -0.2) is 15.0 Å². The van der Waals surface area contributed by atoms with Crippen LogP contribution in [-0.4, -0.2) is 38.4 Å². The minimum absolute atomic E-state index is 0.0187. The van der Waals surface area contributed by atoms with E-state index in [9.17, 15) is 4.79 Å². The van der Waals surface area contributed by atoms with E-state index >= 15 is 0 Å². The first-order valence-corrected chi connectivity index (χ1v) is 8.90. The van der Waals surface area contributed by atoms with E-state index < -0.39 is 5.91 Å². The molecule has 0 spiro atoms. The average molecular weight is 380 g/mol. The van der Waals surface area contributed by atoms with Crippen molar-refractivity contribution in [3.63, 3.8) is 0 Å². The van der Waals surface area contributed by atoms with Crippen molar-refractivity contribution in [3.05, 3.63) is 47.8 Å². The number of anilines is 3. The second-order valence-electron chi connectivity index (χ2n) is 6.67. The van der Waals surface area contributed by atoms with Crippen LogP contribution in [0.25, 0.3) is 11.3 Å². The highest BCUT2D eigenvalue weighted by Gasteiger charge is 2.13. The van der Waals surface area contributed by atoms with Crippen molar-refractivity contribution < 1.29 is 4.79 Å². The van der Waals surface area contributed by atoms with Crippen molar-refractivity contribution >= 4 is 23.1 Å². The Balaban J connectivity index is 1.88. The zero-order valence-electron chi connectivity index (χ0n) is 16.1. The van der Waals surface area contributed by atoms with Crippen molar-refractivity contribution in [3.8, 4) is 11.3 Å². The van der Waals surface area contributed by atoms with Gasteiger partial charge in [-0.2, -0.15) is 0 Å². The predicted molar refractivity (Wildman–Crippen MR) is 109 cm³/mol. The van der Waals surface area contributed by atoms with E-state index in [0.29, 0.717) is 18.1 Å². The first-order valence-electron chi connectivity index (χ1n) is 8.90. The maximum Gasteiger partial charge on any atom is 0.269 e. The molecule has 0 saturated heterocycles. The molecule has 0 bridgehead atoms. The van der Waals surface area contributed by atoms with Gasteiger partial charge in [0.1, 0.15) is 11.6 Å². The smallest absolute Gasteiger partial charge is 0.269 e. The Morgan fingerprint density at radius 1 is 1.29 bits per heavy atom. The van der Waals surface area contributed by atoms with Crippen LogP contribution in [0.15, 0.2) is 30.6 Å². The lowest BCUT2D eigenvalue weighted by molar-refractivity contribution is 0.0996. The van der Waals surface area contributed by atoms with E-state index in [2.05, 4.69) is 30.6 Å². The highest BCUT2D eigenvalue weighted by molar-refractivity contribution is 5.97. The summed E-state index contributed by atoms with van der Waals surface area (Å²) in [6.45, 7) is 6.27. The van der Waals surface area contributed by atoms with Crippen LogP contribution in [0.3, 0.4) is 0 Å². The monoisotopic (exact) mass is 380 g/mol. The zero-order chi connectivity index (χ0) is 20.3. The number of aromatic amines is 1. The summed E-state index contributed by atoms with van der Waals surface area (Å²) >= 11 is 0. The number of nitrogens with two attached hydrogens (primary N) is 2. The second-order valence-corrected chi connectivity index (χ2v) is 6.67. The SMILES string of the molecule is Cc1nc(-c2ccc(Nc3cc(NCC(C)N)cnc3C(N)=O)nc2C)c[nH]1. The number of nitrogens with one attached hydrogen (secondary N) is 3. The first kappa shape index (κ1) is 19.3. The molecule has 3 rings (SSSR count). The minimum Gasteiger partial charge on any atom is -0.382 e. The van der Waals surface area contributed by atoms with E-state index in [1.165, 1.54) is 0 Å². The summed E-state index contributed by atoms with van der Waals surface area (Å²) < 4.78 is 0. The van der Waals surface area contributed by atoms with Crippen LogP contribution in [0, 0.1) is 13.8 Å². The number of carbonyl (C=O) groups excluding carboxylic acids is 1. The third-order valence-electron chi connectivity index (χ3n) is 4.08. The van der Waals surface area contributed by atoms with Crippen molar-refractivity contribution in [2.75, 3.05) is 17.2 Å². The molecule has 0 saturated carbocycles. The highest BCUT2D eigenvalue weighted by atomic mass is 16.1. The molecule has 28 heavy (non-hydrogen) atoms. The van der Waals surface area contributed by atoms with Crippen LogP contribution in [-0.2, 0) is 0 Å². The zero-order valence-corrected chi connectivity index (χ0v) is 16.1. The second kappa shape index (κ2) is 8.05. The Hall–Kier alpha value is -3.46. The first-order chi connectivity index (χ1) is 13.3. The van der Waals surface area contributed by atoms with E-state index in [-0.39, 0.29) is 11.7 Å². The van der Waals surface area contributed by atoms with Crippen molar-refractivity contribution in [2.24, 2.45) is 11.5 Å². The van der Waals surface area contributed by atoms with E-state index in [1.807, 2.05) is 39.1 Å². The summed E-state index contributed by atoms with van der Waals surface area (Å²) in [5, 5.41) is 6.30. The summed E-state index contributed by atoms with van der Waals surface area (Å²) in [5.41, 5.74) is 15.1. The number of H-pyrrole nitrogens is 1. The van der Waals surface area contributed by atoms with Gasteiger partial charge in [-0.1, -0.05) is 0 Å². The number of primary amides is 1. The molecular weight excluding hydrogens is 356 g/mol. The van der Waals surface area contributed by atoms with Crippen LogP contribution in [0.1, 0.15) is 28.9 Å². The summed E-state index contributed by atoms with van der Waals surface area (Å²) in [4.78, 5) is 28.0. The number of pyridine rings is 2. The molecule has 3 heterocycles. The fourth-order valence-corrected chi connectivity index (χ4v) is 2.73. The number of amides is 1. The number of hydrogen-bond acceptors (Lipinski definition) is 7. The van der Waals surface area contributed by atoms with Gasteiger partial charge in [-0.15, -0.1) is 0 Å². The topological polar surface area (TPSA) is 148 Å². The molecule has 3 aromatic rings. The van der Waals surface area contributed by atoms with Crippen LogP contribution in [0.4, 0.5) is 17.2 Å². The van der Waals surface area contributed by atoms with Gasteiger partial charge >= 0.3 is 0 Å². The lowest BCUT2D eigenvalue weighted by atomic mass is 10.1. The minimum atomic E-state index is -0.624. The van der Waals surface area contributed by atoms with E-state index in [0.717, 1.165) is 28.5 Å². The Labute approximate surface area is 163 Å². The number of aromatic nitrogens is 4. The van der Waals surface area contributed by atoms with E-state index in [1.54, 1.807) is 12.3 Å². The summed E-state index contributed by atoms with van der Waals surface area (Å²) in [6, 6.07) is 5.49. The molecule has 3 aromatic heterocycles. The van der Waals surface area contributed by atoms with Crippen LogP contribution >= 0.6 is 0 Å². The number of imidazole rings is 1. The quantitative estimate of drug-likeness (QED) is 0.421. The van der Waals surface area contributed by atoms with Crippen LogP contribution < -0.4 is 22.1 Å². The molecule has 0 aliphatic heterocycles. The molecule has 9 nitrogen and oxygen atoms in total. The Bertz CT molecular complexity index is 995. The molecule has 0 aromatic carbocycles. The largest absolute Gasteiger partial charge is 0.382 e. The van der Waals surface area contributed by atoms with Gasteiger partial charge in [0.05, 0.1) is 23.3 Å². The van der Waals surface area contributed by atoms with Crippen LogP contribution in [0.5, 0.6) is 0 Å². The maximum absolute atomic E-state index is 11.7. The molecule has 0 aliphatic rings. The van der Waals surface area contributed by atoms with Crippen molar-refractivity contribution in [1.82, 2.24) is 19.9 Å². The molecule has 1 amide bonds. The Kier molecular flexibility index (Phi) is 5.55. The molecule has 0 radical (unpaired) electrons. The molecule has 0 aliphatic carbocycles. The molecule has 0 fully saturated rings. The Morgan fingerprint density at radius 2 is 2.07 bits per heavy atom.